The van der Waals surface area contributed by atoms with E-state index in [0.717, 1.165) is 0 Å². The Bertz CT molecular complexity index is 509. The fourth-order valence-corrected chi connectivity index (χ4v) is 1.84. The Morgan fingerprint density at radius 3 is 2.35 bits per heavy atom. The molecule has 1 rings (SSSR count). The SMILES string of the molecule is CC(C)(C)c1ccc(NC(=O)NOCCCCC(=O)NO)cc1. The van der Waals surface area contributed by atoms with Crippen LogP contribution in [-0.2, 0) is 15.0 Å². The quantitative estimate of drug-likeness (QED) is 0.352. The average Bonchev–Trinajstić information content (AvgIpc) is 2.50. The lowest BCUT2D eigenvalue weighted by Gasteiger charge is -2.19. The van der Waals surface area contributed by atoms with Gasteiger partial charge < -0.3 is 5.32 Å². The van der Waals surface area contributed by atoms with Crippen molar-refractivity contribution in [2.45, 2.75) is 45.4 Å². The Labute approximate surface area is 136 Å². The zero-order valence-electron chi connectivity index (χ0n) is 13.8. The Kier molecular flexibility index (Phi) is 7.50. The molecule has 0 saturated heterocycles. The maximum Gasteiger partial charge on any atom is 0.343 e. The predicted octanol–water partition coefficient (Wildman–Crippen LogP) is 2.71. The van der Waals surface area contributed by atoms with Crippen LogP contribution in [0, 0.1) is 0 Å². The van der Waals surface area contributed by atoms with Gasteiger partial charge in [0.1, 0.15) is 0 Å². The number of hydroxylamine groups is 2. The van der Waals surface area contributed by atoms with Crippen molar-refractivity contribution in [3.05, 3.63) is 29.8 Å². The summed E-state index contributed by atoms with van der Waals surface area (Å²) in [6.45, 7) is 6.66. The number of carbonyl (C=O) groups excluding carboxylic acids is 2. The topological polar surface area (TPSA) is 99.7 Å². The van der Waals surface area contributed by atoms with E-state index in [0.29, 0.717) is 18.5 Å². The first-order chi connectivity index (χ1) is 10.8. The molecule has 0 atom stereocenters. The Hall–Kier alpha value is -2.12. The summed E-state index contributed by atoms with van der Waals surface area (Å²) in [6.07, 6.45) is 1.37. The lowest BCUT2D eigenvalue weighted by Crippen LogP contribution is -2.29. The first kappa shape index (κ1) is 18.9. The molecule has 0 aliphatic carbocycles. The highest BCUT2D eigenvalue weighted by Crippen LogP contribution is 2.23. The molecule has 0 aliphatic rings. The fraction of sp³-hybridized carbons (Fsp3) is 0.500. The third-order valence-electron chi connectivity index (χ3n) is 3.20. The molecule has 23 heavy (non-hydrogen) atoms. The van der Waals surface area contributed by atoms with Gasteiger partial charge in [0, 0.05) is 12.1 Å². The Morgan fingerprint density at radius 1 is 1.13 bits per heavy atom. The van der Waals surface area contributed by atoms with Gasteiger partial charge in [-0.2, -0.15) is 0 Å². The highest BCUT2D eigenvalue weighted by atomic mass is 16.7. The number of hydrogen-bond donors (Lipinski definition) is 4. The summed E-state index contributed by atoms with van der Waals surface area (Å²) in [5.41, 5.74) is 5.77. The molecule has 1 aromatic carbocycles. The van der Waals surface area contributed by atoms with Crippen LogP contribution >= 0.6 is 0 Å². The fourth-order valence-electron chi connectivity index (χ4n) is 1.84. The molecule has 0 aliphatic heterocycles. The second-order valence-corrected chi connectivity index (χ2v) is 6.22. The molecule has 0 fully saturated rings. The van der Waals surface area contributed by atoms with E-state index < -0.39 is 11.9 Å². The largest absolute Gasteiger partial charge is 0.343 e. The molecule has 0 aromatic heterocycles. The van der Waals surface area contributed by atoms with Crippen molar-refractivity contribution in [3.8, 4) is 0 Å². The Balaban J connectivity index is 2.23. The molecule has 0 radical (unpaired) electrons. The summed E-state index contributed by atoms with van der Waals surface area (Å²) in [5, 5.41) is 11.0. The van der Waals surface area contributed by atoms with Crippen LogP contribution < -0.4 is 16.3 Å². The minimum absolute atomic E-state index is 0.0663. The van der Waals surface area contributed by atoms with E-state index >= 15 is 0 Å². The monoisotopic (exact) mass is 323 g/mol. The van der Waals surface area contributed by atoms with E-state index in [1.165, 1.54) is 5.56 Å². The molecule has 128 valence electrons. The maximum absolute atomic E-state index is 11.6. The first-order valence-corrected chi connectivity index (χ1v) is 7.55. The van der Waals surface area contributed by atoms with Gasteiger partial charge >= 0.3 is 6.03 Å². The molecule has 0 unspecified atom stereocenters. The van der Waals surface area contributed by atoms with Crippen LogP contribution in [0.25, 0.3) is 0 Å². The average molecular weight is 323 g/mol. The summed E-state index contributed by atoms with van der Waals surface area (Å²) >= 11 is 0. The van der Waals surface area contributed by atoms with Gasteiger partial charge in [0.25, 0.3) is 0 Å². The Morgan fingerprint density at radius 2 is 1.78 bits per heavy atom. The van der Waals surface area contributed by atoms with Crippen LogP contribution in [0.3, 0.4) is 0 Å². The number of hydrogen-bond acceptors (Lipinski definition) is 4. The van der Waals surface area contributed by atoms with E-state index in [4.69, 9.17) is 10.0 Å². The molecule has 7 nitrogen and oxygen atoms in total. The number of anilines is 1. The second kappa shape index (κ2) is 9.12. The van der Waals surface area contributed by atoms with Crippen molar-refractivity contribution >= 4 is 17.6 Å². The standard InChI is InChI=1S/C16H25N3O4/c1-16(2,3)12-7-9-13(10-8-12)17-15(21)19-23-11-5-4-6-14(20)18-22/h7-10,22H,4-6,11H2,1-3H3,(H,18,20)(H2,17,19,21). The van der Waals surface area contributed by atoms with Crippen molar-refractivity contribution < 1.29 is 19.6 Å². The first-order valence-electron chi connectivity index (χ1n) is 7.55. The van der Waals surface area contributed by atoms with Gasteiger partial charge in [0.2, 0.25) is 5.91 Å². The summed E-state index contributed by atoms with van der Waals surface area (Å²) in [5.74, 6) is -0.436. The zero-order chi connectivity index (χ0) is 17.3. The lowest BCUT2D eigenvalue weighted by molar-refractivity contribution is -0.129. The highest BCUT2D eigenvalue weighted by molar-refractivity contribution is 5.88. The van der Waals surface area contributed by atoms with Gasteiger partial charge in [-0.1, -0.05) is 32.9 Å². The number of rotatable bonds is 7. The highest BCUT2D eigenvalue weighted by Gasteiger charge is 2.13. The van der Waals surface area contributed by atoms with E-state index in [9.17, 15) is 9.59 Å². The van der Waals surface area contributed by atoms with Crippen molar-refractivity contribution in [1.82, 2.24) is 11.0 Å². The molecule has 0 heterocycles. The molecular weight excluding hydrogens is 298 g/mol. The normalized spacial score (nSPS) is 11.0. The maximum atomic E-state index is 11.6. The van der Waals surface area contributed by atoms with Crippen LogP contribution in [0.1, 0.15) is 45.6 Å². The molecule has 1 aromatic rings. The van der Waals surface area contributed by atoms with Crippen LogP contribution in [0.2, 0.25) is 0 Å². The third-order valence-corrected chi connectivity index (χ3v) is 3.20. The van der Waals surface area contributed by atoms with Gasteiger partial charge in [-0.25, -0.2) is 15.8 Å². The summed E-state index contributed by atoms with van der Waals surface area (Å²) in [4.78, 5) is 27.4. The molecule has 0 saturated carbocycles. The summed E-state index contributed by atoms with van der Waals surface area (Å²) in [7, 11) is 0. The van der Waals surface area contributed by atoms with Crippen molar-refractivity contribution in [2.75, 3.05) is 11.9 Å². The number of benzene rings is 1. The van der Waals surface area contributed by atoms with Crippen molar-refractivity contribution in [2.24, 2.45) is 0 Å². The van der Waals surface area contributed by atoms with Crippen LogP contribution in [0.15, 0.2) is 24.3 Å². The number of urea groups is 1. The number of carbonyl (C=O) groups is 2. The van der Waals surface area contributed by atoms with Crippen LogP contribution in [0.5, 0.6) is 0 Å². The third kappa shape index (κ3) is 7.62. The van der Waals surface area contributed by atoms with E-state index in [1.807, 2.05) is 24.3 Å². The summed E-state index contributed by atoms with van der Waals surface area (Å²) < 4.78 is 0. The van der Waals surface area contributed by atoms with Gasteiger partial charge in [-0.15, -0.1) is 0 Å². The molecule has 4 N–H and O–H groups in total. The van der Waals surface area contributed by atoms with E-state index in [2.05, 4.69) is 31.6 Å². The van der Waals surface area contributed by atoms with Crippen molar-refractivity contribution in [1.29, 1.82) is 0 Å². The molecule has 7 heteroatoms. The minimum Gasteiger partial charge on any atom is -0.306 e. The molecular formula is C16H25N3O4. The second-order valence-electron chi connectivity index (χ2n) is 6.22. The smallest absolute Gasteiger partial charge is 0.306 e. The molecule has 0 spiro atoms. The minimum atomic E-state index is -0.457. The van der Waals surface area contributed by atoms with Gasteiger partial charge in [0.05, 0.1) is 6.61 Å². The predicted molar refractivity (Wildman–Crippen MR) is 87.0 cm³/mol. The number of unbranched alkanes of at least 4 members (excludes halogenated alkanes) is 1. The van der Waals surface area contributed by atoms with E-state index in [1.54, 1.807) is 5.48 Å². The van der Waals surface area contributed by atoms with Crippen molar-refractivity contribution in [3.63, 3.8) is 0 Å². The van der Waals surface area contributed by atoms with Gasteiger partial charge in [0.15, 0.2) is 0 Å². The number of amides is 3. The summed E-state index contributed by atoms with van der Waals surface area (Å²) in [6, 6.07) is 7.17. The van der Waals surface area contributed by atoms with Gasteiger partial charge in [-0.05, 0) is 36.0 Å². The molecule has 0 bridgehead atoms. The number of nitrogens with one attached hydrogen (secondary N) is 3. The lowest BCUT2D eigenvalue weighted by atomic mass is 9.87. The zero-order valence-corrected chi connectivity index (χ0v) is 13.8. The molecule has 3 amide bonds. The van der Waals surface area contributed by atoms with Crippen LogP contribution in [-0.4, -0.2) is 23.8 Å². The van der Waals surface area contributed by atoms with Crippen LogP contribution in [0.4, 0.5) is 10.5 Å². The van der Waals surface area contributed by atoms with E-state index in [-0.39, 0.29) is 18.4 Å². The van der Waals surface area contributed by atoms with Gasteiger partial charge in [-0.3, -0.25) is 14.8 Å².